The number of carbonyl (C=O) groups excluding carboxylic acids is 2. The van der Waals surface area contributed by atoms with Gasteiger partial charge in [0, 0.05) is 42.6 Å². The lowest BCUT2D eigenvalue weighted by molar-refractivity contribution is 0.0579. The highest BCUT2D eigenvalue weighted by atomic mass is 16.2. The van der Waals surface area contributed by atoms with E-state index < -0.39 is 0 Å². The Bertz CT molecular complexity index is 1020. The number of amides is 2. The van der Waals surface area contributed by atoms with E-state index in [1.54, 1.807) is 12.3 Å². The fourth-order valence-electron chi connectivity index (χ4n) is 5.44. The van der Waals surface area contributed by atoms with Crippen LogP contribution in [-0.4, -0.2) is 73.4 Å². The number of fused-ring (bicyclic) bond motifs is 2. The molecule has 0 spiro atoms. The topological polar surface area (TPSA) is 85.4 Å². The largest absolute Gasteiger partial charge is 0.321 e. The molecule has 0 aliphatic carbocycles. The Labute approximate surface area is 196 Å². The minimum atomic E-state index is -0.103. The average molecular weight is 453 g/mol. The molecule has 3 atom stereocenters. The lowest BCUT2D eigenvalue weighted by Gasteiger charge is -2.44. The molecule has 0 aromatic carbocycles. The first-order valence-corrected chi connectivity index (χ1v) is 11.8. The molecule has 8 nitrogen and oxygen atoms in total. The molecule has 0 saturated carbocycles. The SMILES string of the molecule is C.CCc1ccc(C(=O)Cc2[nH]nc3c2CN(C(=O)N2C[C@@H]4CCCN4C[C@@H]2C)C3C)nc1. The monoisotopic (exact) mass is 452 g/mol. The minimum Gasteiger partial charge on any atom is -0.319 e. The van der Waals surface area contributed by atoms with E-state index in [2.05, 4.69) is 33.9 Å². The van der Waals surface area contributed by atoms with Gasteiger partial charge in [-0.1, -0.05) is 20.4 Å². The van der Waals surface area contributed by atoms with Crippen molar-refractivity contribution in [2.75, 3.05) is 19.6 Å². The number of nitrogens with one attached hydrogen (secondary N) is 1. The second kappa shape index (κ2) is 9.25. The molecule has 2 aromatic heterocycles. The first-order chi connectivity index (χ1) is 15.5. The van der Waals surface area contributed by atoms with Crippen LogP contribution in [0.3, 0.4) is 0 Å². The summed E-state index contributed by atoms with van der Waals surface area (Å²) in [6.07, 6.45) is 5.27. The molecule has 2 fully saturated rings. The van der Waals surface area contributed by atoms with Gasteiger partial charge in [0.05, 0.1) is 24.7 Å². The van der Waals surface area contributed by atoms with Crippen molar-refractivity contribution in [3.05, 3.63) is 46.5 Å². The van der Waals surface area contributed by atoms with Crippen molar-refractivity contribution in [1.82, 2.24) is 29.9 Å². The van der Waals surface area contributed by atoms with Gasteiger partial charge in [0.25, 0.3) is 0 Å². The second-order valence-electron chi connectivity index (χ2n) is 9.45. The summed E-state index contributed by atoms with van der Waals surface area (Å²) in [6.45, 7) is 9.64. The van der Waals surface area contributed by atoms with Crippen LogP contribution in [0.1, 0.15) is 80.1 Å². The normalized spacial score (nSPS) is 24.4. The van der Waals surface area contributed by atoms with Gasteiger partial charge in [-0.15, -0.1) is 0 Å². The number of carbonyl (C=O) groups is 2. The van der Waals surface area contributed by atoms with E-state index >= 15 is 0 Å². The molecule has 1 unspecified atom stereocenters. The third kappa shape index (κ3) is 4.16. The van der Waals surface area contributed by atoms with E-state index in [0.29, 0.717) is 18.3 Å². The highest BCUT2D eigenvalue weighted by Crippen LogP contribution is 2.36. The van der Waals surface area contributed by atoms with Crippen molar-refractivity contribution in [2.45, 2.75) is 78.6 Å². The predicted molar refractivity (Wildman–Crippen MR) is 127 cm³/mol. The molecule has 8 heteroatoms. The van der Waals surface area contributed by atoms with Crippen LogP contribution in [-0.2, 0) is 19.4 Å². The smallest absolute Gasteiger partial charge is 0.319 e. The molecule has 2 aromatic rings. The van der Waals surface area contributed by atoms with Crippen LogP contribution >= 0.6 is 0 Å². The van der Waals surface area contributed by atoms with Gasteiger partial charge in [0.2, 0.25) is 0 Å². The second-order valence-corrected chi connectivity index (χ2v) is 9.45. The maximum Gasteiger partial charge on any atom is 0.321 e. The molecule has 5 heterocycles. The highest BCUT2D eigenvalue weighted by Gasteiger charge is 2.42. The van der Waals surface area contributed by atoms with E-state index in [1.165, 1.54) is 12.8 Å². The van der Waals surface area contributed by atoms with Gasteiger partial charge < -0.3 is 9.80 Å². The Balaban J connectivity index is 0.00000259. The summed E-state index contributed by atoms with van der Waals surface area (Å²) in [5.41, 5.74) is 4.23. The number of rotatable bonds is 4. The Morgan fingerprint density at radius 1 is 1.18 bits per heavy atom. The molecule has 3 aliphatic rings. The summed E-state index contributed by atoms with van der Waals surface area (Å²) in [5.74, 6) is -0.0393. The number of aryl methyl sites for hydroxylation is 1. The highest BCUT2D eigenvalue weighted by molar-refractivity contribution is 5.95. The van der Waals surface area contributed by atoms with Crippen LogP contribution in [0.4, 0.5) is 4.79 Å². The predicted octanol–water partition coefficient (Wildman–Crippen LogP) is 3.59. The van der Waals surface area contributed by atoms with E-state index in [1.807, 2.05) is 22.8 Å². The van der Waals surface area contributed by atoms with Crippen molar-refractivity contribution in [2.24, 2.45) is 0 Å². The summed E-state index contributed by atoms with van der Waals surface area (Å²) in [6, 6.07) is 4.42. The molecule has 2 amide bonds. The number of nitrogens with zero attached hydrogens (tertiary/aromatic N) is 5. The molecule has 1 N–H and O–H groups in total. The number of hydrogen-bond acceptors (Lipinski definition) is 5. The zero-order chi connectivity index (χ0) is 22.4. The third-order valence-corrected chi connectivity index (χ3v) is 7.46. The molecule has 0 bridgehead atoms. The van der Waals surface area contributed by atoms with Gasteiger partial charge in [-0.3, -0.25) is 19.8 Å². The van der Waals surface area contributed by atoms with Crippen molar-refractivity contribution in [3.63, 3.8) is 0 Å². The van der Waals surface area contributed by atoms with Crippen LogP contribution in [0.15, 0.2) is 18.3 Å². The fourth-order valence-corrected chi connectivity index (χ4v) is 5.44. The molecule has 0 radical (unpaired) electrons. The average Bonchev–Trinajstić information content (AvgIpc) is 3.50. The molecule has 3 aliphatic heterocycles. The number of urea groups is 1. The van der Waals surface area contributed by atoms with Gasteiger partial charge in [-0.05, 0) is 51.3 Å². The number of piperazine rings is 1. The number of hydrogen-bond donors (Lipinski definition) is 1. The van der Waals surface area contributed by atoms with Gasteiger partial charge in [0.15, 0.2) is 5.78 Å². The first kappa shape index (κ1) is 23.4. The van der Waals surface area contributed by atoms with Crippen LogP contribution in [0.25, 0.3) is 0 Å². The lowest BCUT2D eigenvalue weighted by atomic mass is 10.1. The van der Waals surface area contributed by atoms with Gasteiger partial charge in [-0.25, -0.2) is 4.79 Å². The number of H-pyrrole nitrogens is 1. The van der Waals surface area contributed by atoms with E-state index in [0.717, 1.165) is 48.6 Å². The number of ketones is 1. The number of pyridine rings is 1. The van der Waals surface area contributed by atoms with E-state index in [-0.39, 0.29) is 37.7 Å². The lowest BCUT2D eigenvalue weighted by Crippen LogP contribution is -2.59. The van der Waals surface area contributed by atoms with Crippen LogP contribution in [0, 0.1) is 0 Å². The Morgan fingerprint density at radius 2 is 2.00 bits per heavy atom. The van der Waals surface area contributed by atoms with E-state index in [4.69, 9.17) is 0 Å². The zero-order valence-corrected chi connectivity index (χ0v) is 19.2. The van der Waals surface area contributed by atoms with Crippen molar-refractivity contribution in [1.29, 1.82) is 0 Å². The van der Waals surface area contributed by atoms with Crippen LogP contribution in [0.5, 0.6) is 0 Å². The summed E-state index contributed by atoms with van der Waals surface area (Å²) in [4.78, 5) is 37.1. The van der Waals surface area contributed by atoms with Gasteiger partial charge >= 0.3 is 6.03 Å². The molecular weight excluding hydrogens is 416 g/mol. The molecule has 5 rings (SSSR count). The number of aromatic amines is 1. The van der Waals surface area contributed by atoms with E-state index in [9.17, 15) is 9.59 Å². The van der Waals surface area contributed by atoms with Crippen molar-refractivity contribution >= 4 is 11.8 Å². The van der Waals surface area contributed by atoms with Gasteiger partial charge in [0.1, 0.15) is 5.69 Å². The molecule has 178 valence electrons. The Morgan fingerprint density at radius 3 is 2.73 bits per heavy atom. The number of Topliss-reactive ketones (excluding diaryl/α,β-unsaturated/α-hetero) is 1. The fraction of sp³-hybridized carbons (Fsp3) is 0.600. The maximum absolute atomic E-state index is 13.5. The first-order valence-electron chi connectivity index (χ1n) is 11.8. The van der Waals surface area contributed by atoms with Crippen LogP contribution in [0.2, 0.25) is 0 Å². The quantitative estimate of drug-likeness (QED) is 0.717. The van der Waals surface area contributed by atoms with Crippen molar-refractivity contribution < 1.29 is 9.59 Å². The standard InChI is InChI=1S/C24H32N6O2.CH4/c1-4-17-7-8-20(25-11-17)22(31)10-21-19-14-30(16(3)23(19)27-26-21)24(32)29-13-18-6-5-9-28(18)12-15(29)2;/h7-8,11,15-16,18H,4-6,9-10,12-14H2,1-3H3,(H,26,27);1H4/t15-,16?,18-;/m0./s1. The molecular formula is C25H36N6O2. The maximum atomic E-state index is 13.5. The Hall–Kier alpha value is -2.74. The summed E-state index contributed by atoms with van der Waals surface area (Å²) in [7, 11) is 0. The zero-order valence-electron chi connectivity index (χ0n) is 19.2. The van der Waals surface area contributed by atoms with Crippen molar-refractivity contribution in [3.8, 4) is 0 Å². The summed E-state index contributed by atoms with van der Waals surface area (Å²) in [5, 5.41) is 7.53. The molecule has 33 heavy (non-hydrogen) atoms. The van der Waals surface area contributed by atoms with Gasteiger partial charge in [-0.2, -0.15) is 5.10 Å². The third-order valence-electron chi connectivity index (χ3n) is 7.46. The molecule has 2 saturated heterocycles. The number of aromatic nitrogens is 3. The Kier molecular flexibility index (Phi) is 6.56. The minimum absolute atomic E-state index is 0. The summed E-state index contributed by atoms with van der Waals surface area (Å²) >= 11 is 0. The van der Waals surface area contributed by atoms with Crippen LogP contribution < -0.4 is 0 Å². The summed E-state index contributed by atoms with van der Waals surface area (Å²) < 4.78 is 0.